The van der Waals surface area contributed by atoms with Gasteiger partial charge in [-0.05, 0) is 19.3 Å². The van der Waals surface area contributed by atoms with E-state index in [4.69, 9.17) is 0 Å². The van der Waals surface area contributed by atoms with Crippen molar-refractivity contribution in [3.8, 4) is 0 Å². The van der Waals surface area contributed by atoms with E-state index in [2.05, 4.69) is 0 Å². The molecule has 1 heterocycles. The number of carbonyl (C=O) groups is 1. The molecule has 3 heteroatoms. The van der Waals surface area contributed by atoms with Crippen LogP contribution >= 0.6 is 0 Å². The third-order valence-electron chi connectivity index (χ3n) is 3.06. The molecule has 11 heavy (non-hydrogen) atoms. The predicted molar refractivity (Wildman–Crippen MR) is 36.5 cm³/mol. The van der Waals surface area contributed by atoms with E-state index in [1.807, 2.05) is 5.32 Å². The molecule has 0 bridgehead atoms. The van der Waals surface area contributed by atoms with Gasteiger partial charge in [-0.2, -0.15) is 0 Å². The zero-order chi connectivity index (χ0) is 7.84. The first-order valence-corrected chi connectivity index (χ1v) is 4.33. The summed E-state index contributed by atoms with van der Waals surface area (Å²) < 4.78 is 0. The Bertz CT molecular complexity index is 169. The molecule has 2 rings (SSSR count). The third kappa shape index (κ3) is 1.13. The molecule has 0 radical (unpaired) electrons. The average molecular weight is 155 g/mol. The largest absolute Gasteiger partial charge is 0.544 e. The highest BCUT2D eigenvalue weighted by Crippen LogP contribution is 2.30. The predicted octanol–water partition coefficient (Wildman–Crippen LogP) is -1.76. The number of hydrogen-bond acceptors (Lipinski definition) is 2. The molecule has 2 aliphatic rings. The second-order valence-electron chi connectivity index (χ2n) is 3.71. The normalized spacial score (nSPS) is 42.4. The Hall–Kier alpha value is -0.570. The van der Waals surface area contributed by atoms with Crippen molar-refractivity contribution >= 4 is 5.97 Å². The summed E-state index contributed by atoms with van der Waals surface area (Å²) in [7, 11) is 0. The van der Waals surface area contributed by atoms with Crippen LogP contribution in [0.2, 0.25) is 0 Å². The Morgan fingerprint density at radius 3 is 2.91 bits per heavy atom. The van der Waals surface area contributed by atoms with Gasteiger partial charge >= 0.3 is 0 Å². The maximum absolute atomic E-state index is 10.5. The summed E-state index contributed by atoms with van der Waals surface area (Å²) in [5.41, 5.74) is 0. The van der Waals surface area contributed by atoms with Crippen molar-refractivity contribution in [2.75, 3.05) is 0 Å². The Morgan fingerprint density at radius 1 is 1.45 bits per heavy atom. The van der Waals surface area contributed by atoms with Gasteiger partial charge in [0, 0.05) is 12.3 Å². The van der Waals surface area contributed by atoms with E-state index in [-0.39, 0.29) is 6.04 Å². The minimum Gasteiger partial charge on any atom is -0.544 e. The van der Waals surface area contributed by atoms with Gasteiger partial charge in [0.1, 0.15) is 6.04 Å². The maximum atomic E-state index is 10.5. The van der Waals surface area contributed by atoms with E-state index >= 15 is 0 Å². The number of rotatable bonds is 1. The molecular formula is C8H13NO2. The lowest BCUT2D eigenvalue weighted by Crippen LogP contribution is -2.94. The van der Waals surface area contributed by atoms with E-state index in [0.29, 0.717) is 12.0 Å². The number of nitrogens with two attached hydrogens (primary N) is 1. The standard InChI is InChI=1S/C8H13NO2/c10-8(11)7-4-5-2-1-3-6(5)9-7/h5-7,9H,1-4H2,(H,10,11)/t5-,6-,7+/m0/s1. The lowest BCUT2D eigenvalue weighted by atomic mass is 10.0. The molecule has 62 valence electrons. The second kappa shape index (κ2) is 2.48. The van der Waals surface area contributed by atoms with Crippen molar-refractivity contribution in [2.24, 2.45) is 5.92 Å². The molecule has 0 amide bonds. The molecule has 1 aliphatic carbocycles. The highest BCUT2D eigenvalue weighted by Gasteiger charge is 2.41. The highest BCUT2D eigenvalue weighted by atomic mass is 16.4. The van der Waals surface area contributed by atoms with Gasteiger partial charge in [-0.15, -0.1) is 0 Å². The van der Waals surface area contributed by atoms with E-state index in [9.17, 15) is 9.90 Å². The van der Waals surface area contributed by atoms with Crippen molar-refractivity contribution in [2.45, 2.75) is 37.8 Å². The first-order valence-electron chi connectivity index (χ1n) is 4.33. The van der Waals surface area contributed by atoms with Gasteiger partial charge < -0.3 is 15.2 Å². The molecule has 0 aromatic carbocycles. The maximum Gasteiger partial charge on any atom is 0.127 e. The Balaban J connectivity index is 1.99. The number of fused-ring (bicyclic) bond motifs is 1. The van der Waals surface area contributed by atoms with Crippen molar-refractivity contribution in [1.29, 1.82) is 0 Å². The fourth-order valence-electron chi connectivity index (χ4n) is 2.49. The molecular weight excluding hydrogens is 142 g/mol. The van der Waals surface area contributed by atoms with Crippen LogP contribution < -0.4 is 10.4 Å². The summed E-state index contributed by atoms with van der Waals surface area (Å²) in [4.78, 5) is 10.5. The molecule has 3 nitrogen and oxygen atoms in total. The summed E-state index contributed by atoms with van der Waals surface area (Å²) in [5, 5.41) is 12.5. The minimum absolute atomic E-state index is 0.245. The molecule has 3 atom stereocenters. The quantitative estimate of drug-likeness (QED) is 0.488. The second-order valence-corrected chi connectivity index (χ2v) is 3.71. The molecule has 2 fully saturated rings. The fourth-order valence-corrected chi connectivity index (χ4v) is 2.49. The number of carbonyl (C=O) groups excluding carboxylic acids is 1. The van der Waals surface area contributed by atoms with E-state index in [1.165, 1.54) is 19.3 Å². The van der Waals surface area contributed by atoms with Crippen LogP contribution in [0.5, 0.6) is 0 Å². The van der Waals surface area contributed by atoms with Crippen LogP contribution in [0.25, 0.3) is 0 Å². The van der Waals surface area contributed by atoms with Gasteiger partial charge in [-0.25, -0.2) is 0 Å². The molecule has 1 aliphatic heterocycles. The lowest BCUT2D eigenvalue weighted by molar-refractivity contribution is -0.697. The molecule has 0 spiro atoms. The smallest absolute Gasteiger partial charge is 0.127 e. The summed E-state index contributed by atoms with van der Waals surface area (Å²) >= 11 is 0. The third-order valence-corrected chi connectivity index (χ3v) is 3.06. The van der Waals surface area contributed by atoms with Crippen LogP contribution in [0.4, 0.5) is 0 Å². The first-order chi connectivity index (χ1) is 5.27. The number of carboxylic acids is 1. The van der Waals surface area contributed by atoms with Crippen LogP contribution in [0.15, 0.2) is 0 Å². The zero-order valence-corrected chi connectivity index (χ0v) is 6.45. The Kier molecular flexibility index (Phi) is 1.60. The molecule has 0 aromatic rings. The molecule has 2 N–H and O–H groups in total. The molecule has 1 saturated carbocycles. The van der Waals surface area contributed by atoms with Gasteiger partial charge in [-0.1, -0.05) is 0 Å². The SMILES string of the molecule is O=C([O-])[C@H]1C[C@@H]2CCC[C@@H]2[NH2+]1. The highest BCUT2D eigenvalue weighted by molar-refractivity contribution is 5.69. The van der Waals surface area contributed by atoms with Crippen LogP contribution in [0.1, 0.15) is 25.7 Å². The molecule has 1 saturated heterocycles. The molecule has 0 unspecified atom stereocenters. The van der Waals surface area contributed by atoms with Gasteiger partial charge in [-0.3, -0.25) is 0 Å². The first kappa shape index (κ1) is 7.10. The Morgan fingerprint density at radius 2 is 2.27 bits per heavy atom. The fraction of sp³-hybridized carbons (Fsp3) is 0.875. The van der Waals surface area contributed by atoms with Crippen LogP contribution in [0, 0.1) is 5.92 Å². The monoisotopic (exact) mass is 155 g/mol. The number of hydrogen-bond donors (Lipinski definition) is 1. The van der Waals surface area contributed by atoms with Gasteiger partial charge in [0.2, 0.25) is 0 Å². The van der Waals surface area contributed by atoms with Gasteiger partial charge in [0.05, 0.1) is 12.0 Å². The van der Waals surface area contributed by atoms with E-state index in [1.54, 1.807) is 0 Å². The summed E-state index contributed by atoms with van der Waals surface area (Å²) in [5.74, 6) is -0.211. The Labute approximate surface area is 65.8 Å². The van der Waals surface area contributed by atoms with E-state index in [0.717, 1.165) is 6.42 Å². The van der Waals surface area contributed by atoms with Gasteiger partial charge in [0.15, 0.2) is 0 Å². The number of carboxylic acid groups (broad SMARTS) is 1. The zero-order valence-electron chi connectivity index (χ0n) is 6.45. The van der Waals surface area contributed by atoms with Crippen molar-refractivity contribution in [3.63, 3.8) is 0 Å². The average Bonchev–Trinajstić information content (AvgIpc) is 2.40. The topological polar surface area (TPSA) is 56.7 Å². The van der Waals surface area contributed by atoms with E-state index < -0.39 is 5.97 Å². The number of quaternary nitrogens is 1. The summed E-state index contributed by atoms with van der Waals surface area (Å²) in [6, 6.07) is 0.350. The van der Waals surface area contributed by atoms with Crippen molar-refractivity contribution in [3.05, 3.63) is 0 Å². The van der Waals surface area contributed by atoms with Crippen LogP contribution in [0.3, 0.4) is 0 Å². The number of aliphatic carboxylic acids is 1. The lowest BCUT2D eigenvalue weighted by Gasteiger charge is -2.09. The molecule has 0 aromatic heterocycles. The summed E-state index contributed by atoms with van der Waals surface area (Å²) in [6.07, 6.45) is 4.55. The summed E-state index contributed by atoms with van der Waals surface area (Å²) in [6.45, 7) is 0. The van der Waals surface area contributed by atoms with Gasteiger partial charge in [0.25, 0.3) is 0 Å². The van der Waals surface area contributed by atoms with Crippen LogP contribution in [-0.4, -0.2) is 18.1 Å². The van der Waals surface area contributed by atoms with Crippen molar-refractivity contribution in [1.82, 2.24) is 0 Å². The van der Waals surface area contributed by atoms with Crippen LogP contribution in [-0.2, 0) is 4.79 Å². The minimum atomic E-state index is -0.876. The van der Waals surface area contributed by atoms with Crippen molar-refractivity contribution < 1.29 is 15.2 Å².